The summed E-state index contributed by atoms with van der Waals surface area (Å²) in [4.78, 5) is 4.04. The number of pyridine rings is 1. The van der Waals surface area contributed by atoms with E-state index in [9.17, 15) is 0 Å². The number of aromatic nitrogens is 1. The molecule has 0 atom stereocenters. The lowest BCUT2D eigenvalue weighted by Crippen LogP contribution is -1.75. The lowest BCUT2D eigenvalue weighted by atomic mass is 10.1. The van der Waals surface area contributed by atoms with Crippen LogP contribution in [-0.4, -0.2) is 4.98 Å². The van der Waals surface area contributed by atoms with Crippen molar-refractivity contribution in [3.05, 3.63) is 55.4 Å². The second kappa shape index (κ2) is 4.41. The van der Waals surface area contributed by atoms with Crippen molar-refractivity contribution in [1.82, 2.24) is 4.98 Å². The number of fused-ring (bicyclic) bond motifs is 1. The predicted octanol–water partition coefficient (Wildman–Crippen LogP) is 3.35. The number of benzene rings is 1. The van der Waals surface area contributed by atoms with Crippen LogP contribution in [0.5, 0.6) is 0 Å². The molecular formula is C12H13N. The summed E-state index contributed by atoms with van der Waals surface area (Å²) in [5, 5.41) is 2.47. The van der Waals surface area contributed by atoms with E-state index in [0.717, 1.165) is 0 Å². The fourth-order valence-electron chi connectivity index (χ4n) is 1.20. The van der Waals surface area contributed by atoms with Crippen LogP contribution in [0.1, 0.15) is 5.56 Å². The van der Waals surface area contributed by atoms with Gasteiger partial charge in [-0.3, -0.25) is 4.98 Å². The van der Waals surface area contributed by atoms with Crippen molar-refractivity contribution >= 4 is 10.8 Å². The maximum atomic E-state index is 4.04. The standard InChI is InChI=1S/C10H9N.C2H4/c1-8-2-3-10-7-11-5-4-9(10)6-8;1-2/h2-7H,1H3;1-2H2. The summed E-state index contributed by atoms with van der Waals surface area (Å²) in [6.07, 6.45) is 3.70. The lowest BCUT2D eigenvalue weighted by molar-refractivity contribution is 1.36. The molecule has 1 aromatic heterocycles. The molecule has 1 heterocycles. The van der Waals surface area contributed by atoms with Crippen LogP contribution in [0.2, 0.25) is 0 Å². The maximum Gasteiger partial charge on any atom is 0.0346 e. The Morgan fingerprint density at radius 1 is 1.08 bits per heavy atom. The lowest BCUT2D eigenvalue weighted by Gasteiger charge is -1.96. The van der Waals surface area contributed by atoms with Gasteiger partial charge in [0.1, 0.15) is 0 Å². The maximum absolute atomic E-state index is 4.04. The van der Waals surface area contributed by atoms with Gasteiger partial charge in [0.05, 0.1) is 0 Å². The summed E-state index contributed by atoms with van der Waals surface area (Å²) in [6.45, 7) is 8.10. The highest BCUT2D eigenvalue weighted by Gasteiger charge is 1.90. The van der Waals surface area contributed by atoms with Crippen molar-refractivity contribution in [1.29, 1.82) is 0 Å². The molecule has 0 amide bonds. The molecule has 0 aliphatic rings. The second-order valence-corrected chi connectivity index (χ2v) is 2.73. The van der Waals surface area contributed by atoms with Crippen LogP contribution >= 0.6 is 0 Å². The molecule has 0 spiro atoms. The monoisotopic (exact) mass is 171 g/mol. The van der Waals surface area contributed by atoms with Crippen LogP contribution in [0.3, 0.4) is 0 Å². The van der Waals surface area contributed by atoms with Crippen molar-refractivity contribution in [2.45, 2.75) is 6.92 Å². The molecule has 0 fully saturated rings. The molecule has 2 rings (SSSR count). The number of rotatable bonds is 0. The van der Waals surface area contributed by atoms with Crippen molar-refractivity contribution in [3.8, 4) is 0 Å². The molecule has 13 heavy (non-hydrogen) atoms. The first-order valence-electron chi connectivity index (χ1n) is 4.17. The van der Waals surface area contributed by atoms with Gasteiger partial charge in [0.25, 0.3) is 0 Å². The van der Waals surface area contributed by atoms with Gasteiger partial charge < -0.3 is 0 Å². The smallest absolute Gasteiger partial charge is 0.0346 e. The Morgan fingerprint density at radius 2 is 1.85 bits per heavy atom. The Labute approximate surface area is 78.7 Å². The van der Waals surface area contributed by atoms with Crippen molar-refractivity contribution in [2.24, 2.45) is 0 Å². The molecule has 66 valence electrons. The topological polar surface area (TPSA) is 12.9 Å². The van der Waals surface area contributed by atoms with E-state index < -0.39 is 0 Å². The number of nitrogens with zero attached hydrogens (tertiary/aromatic N) is 1. The molecule has 0 bridgehead atoms. The van der Waals surface area contributed by atoms with Gasteiger partial charge in [-0.2, -0.15) is 0 Å². The average Bonchev–Trinajstić information content (AvgIpc) is 2.21. The fourth-order valence-corrected chi connectivity index (χ4v) is 1.20. The minimum absolute atomic E-state index is 1.21. The van der Waals surface area contributed by atoms with E-state index >= 15 is 0 Å². The average molecular weight is 171 g/mol. The Balaban J connectivity index is 0.000000396. The molecule has 0 aliphatic carbocycles. The molecule has 0 unspecified atom stereocenters. The minimum Gasteiger partial charge on any atom is -0.264 e. The van der Waals surface area contributed by atoms with E-state index in [1.54, 1.807) is 0 Å². The predicted molar refractivity (Wildman–Crippen MR) is 57.7 cm³/mol. The highest BCUT2D eigenvalue weighted by Crippen LogP contribution is 2.12. The fraction of sp³-hybridized carbons (Fsp3) is 0.0833. The molecule has 1 heteroatoms. The molecule has 0 saturated heterocycles. The normalized spacial score (nSPS) is 9.00. The Hall–Kier alpha value is -1.63. The molecule has 0 aliphatic heterocycles. The van der Waals surface area contributed by atoms with Gasteiger partial charge in [0, 0.05) is 17.8 Å². The first-order chi connectivity index (χ1) is 6.36. The Kier molecular flexibility index (Phi) is 3.21. The summed E-state index contributed by atoms with van der Waals surface area (Å²) in [6, 6.07) is 8.39. The largest absolute Gasteiger partial charge is 0.264 e. The van der Waals surface area contributed by atoms with E-state index in [-0.39, 0.29) is 0 Å². The third-order valence-electron chi connectivity index (χ3n) is 1.80. The SMILES string of the molecule is C=C.Cc1ccc2cnccc2c1. The van der Waals surface area contributed by atoms with Gasteiger partial charge in [-0.15, -0.1) is 13.2 Å². The zero-order valence-electron chi connectivity index (χ0n) is 7.83. The molecule has 1 aromatic carbocycles. The van der Waals surface area contributed by atoms with Crippen molar-refractivity contribution < 1.29 is 0 Å². The van der Waals surface area contributed by atoms with Crippen LogP contribution in [-0.2, 0) is 0 Å². The number of aryl methyl sites for hydroxylation is 1. The minimum atomic E-state index is 1.21. The highest BCUT2D eigenvalue weighted by molar-refractivity contribution is 5.81. The third kappa shape index (κ3) is 2.15. The highest BCUT2D eigenvalue weighted by atomic mass is 14.6. The third-order valence-corrected chi connectivity index (χ3v) is 1.80. The first kappa shape index (κ1) is 9.46. The van der Waals surface area contributed by atoms with Gasteiger partial charge in [-0.05, 0) is 18.4 Å². The molecule has 0 saturated carbocycles. The van der Waals surface area contributed by atoms with Gasteiger partial charge in [-0.25, -0.2) is 0 Å². The van der Waals surface area contributed by atoms with Gasteiger partial charge in [0.2, 0.25) is 0 Å². The molecule has 0 N–H and O–H groups in total. The Morgan fingerprint density at radius 3 is 2.62 bits per heavy atom. The summed E-state index contributed by atoms with van der Waals surface area (Å²) >= 11 is 0. The van der Waals surface area contributed by atoms with E-state index in [1.165, 1.54) is 16.3 Å². The van der Waals surface area contributed by atoms with Crippen molar-refractivity contribution in [3.63, 3.8) is 0 Å². The van der Waals surface area contributed by atoms with E-state index in [1.807, 2.05) is 18.5 Å². The van der Waals surface area contributed by atoms with Crippen LogP contribution in [0.15, 0.2) is 49.8 Å². The van der Waals surface area contributed by atoms with E-state index in [2.05, 4.69) is 43.3 Å². The van der Waals surface area contributed by atoms with Gasteiger partial charge >= 0.3 is 0 Å². The molecule has 2 aromatic rings. The molecular weight excluding hydrogens is 158 g/mol. The van der Waals surface area contributed by atoms with Gasteiger partial charge in [-0.1, -0.05) is 23.8 Å². The van der Waals surface area contributed by atoms with Crippen LogP contribution in [0.25, 0.3) is 10.8 Å². The quantitative estimate of drug-likeness (QED) is 0.554. The summed E-state index contributed by atoms with van der Waals surface area (Å²) < 4.78 is 0. The van der Waals surface area contributed by atoms with Crippen LogP contribution in [0.4, 0.5) is 0 Å². The van der Waals surface area contributed by atoms with E-state index in [0.29, 0.717) is 0 Å². The van der Waals surface area contributed by atoms with Crippen LogP contribution in [0, 0.1) is 6.92 Å². The summed E-state index contributed by atoms with van der Waals surface area (Å²) in [7, 11) is 0. The summed E-state index contributed by atoms with van der Waals surface area (Å²) in [5.74, 6) is 0. The Bertz CT molecular complexity index is 393. The first-order valence-corrected chi connectivity index (χ1v) is 4.17. The molecule has 1 nitrogen and oxygen atoms in total. The van der Waals surface area contributed by atoms with Crippen LogP contribution < -0.4 is 0 Å². The second-order valence-electron chi connectivity index (χ2n) is 2.73. The molecule has 0 radical (unpaired) electrons. The number of hydrogen-bond acceptors (Lipinski definition) is 1. The summed E-state index contributed by atoms with van der Waals surface area (Å²) in [5.41, 5.74) is 1.30. The van der Waals surface area contributed by atoms with Gasteiger partial charge in [0.15, 0.2) is 0 Å². The zero-order chi connectivity index (χ0) is 9.68. The number of hydrogen-bond donors (Lipinski definition) is 0. The zero-order valence-corrected chi connectivity index (χ0v) is 7.83. The van der Waals surface area contributed by atoms with E-state index in [4.69, 9.17) is 0 Å². The van der Waals surface area contributed by atoms with Crippen molar-refractivity contribution in [2.75, 3.05) is 0 Å².